The van der Waals surface area contributed by atoms with E-state index in [0.29, 0.717) is 6.54 Å². The first-order chi connectivity index (χ1) is 15.3. The zero-order chi connectivity index (χ0) is 20.8. The van der Waals surface area contributed by atoms with Gasteiger partial charge in [-0.3, -0.25) is 0 Å². The van der Waals surface area contributed by atoms with Gasteiger partial charge < -0.3 is 24.7 Å². The number of hydrogen-bond donors (Lipinski definition) is 2. The lowest BCUT2D eigenvalue weighted by atomic mass is 9.92. The second kappa shape index (κ2) is 7.52. The third-order valence-electron chi connectivity index (χ3n) is 6.94. The summed E-state index contributed by atoms with van der Waals surface area (Å²) in [5.41, 5.74) is 4.56. The number of amides is 2. The van der Waals surface area contributed by atoms with Crippen molar-refractivity contribution in [3.05, 3.63) is 59.3 Å². The average Bonchev–Trinajstić information content (AvgIpc) is 3.43. The molecule has 6 heteroatoms. The van der Waals surface area contributed by atoms with Crippen LogP contribution in [-0.2, 0) is 6.42 Å². The first-order valence-corrected chi connectivity index (χ1v) is 11.3. The Morgan fingerprint density at radius 2 is 1.87 bits per heavy atom. The van der Waals surface area contributed by atoms with Gasteiger partial charge in [-0.25, -0.2) is 4.79 Å². The SMILES string of the molecule is O=C(NC1CCCCC1)N1CCc2c([nH]c3ccccc23)C1c1ccc2c(c1)OCO2. The molecule has 3 heterocycles. The van der Waals surface area contributed by atoms with Crippen LogP contribution < -0.4 is 14.8 Å². The van der Waals surface area contributed by atoms with Crippen molar-refractivity contribution in [3.8, 4) is 11.5 Å². The smallest absolute Gasteiger partial charge is 0.318 e. The number of para-hydroxylation sites is 1. The molecule has 1 atom stereocenters. The molecule has 2 N–H and O–H groups in total. The van der Waals surface area contributed by atoms with E-state index >= 15 is 0 Å². The molecule has 3 aliphatic rings. The summed E-state index contributed by atoms with van der Waals surface area (Å²) in [5.74, 6) is 1.50. The second-order valence-electron chi connectivity index (χ2n) is 8.81. The van der Waals surface area contributed by atoms with Crippen LogP contribution in [0.1, 0.15) is 55.0 Å². The number of nitrogens with zero attached hydrogens (tertiary/aromatic N) is 1. The summed E-state index contributed by atoms with van der Waals surface area (Å²) >= 11 is 0. The predicted molar refractivity (Wildman–Crippen MR) is 119 cm³/mol. The molecular weight excluding hydrogens is 390 g/mol. The van der Waals surface area contributed by atoms with Crippen molar-refractivity contribution in [1.82, 2.24) is 15.2 Å². The van der Waals surface area contributed by atoms with Crippen molar-refractivity contribution in [2.24, 2.45) is 0 Å². The summed E-state index contributed by atoms with van der Waals surface area (Å²) in [6.45, 7) is 0.930. The molecule has 0 bridgehead atoms. The lowest BCUT2D eigenvalue weighted by Gasteiger charge is -2.37. The van der Waals surface area contributed by atoms with Crippen LogP contribution in [0, 0.1) is 0 Å². The van der Waals surface area contributed by atoms with E-state index in [2.05, 4.69) is 34.6 Å². The highest BCUT2D eigenvalue weighted by Crippen LogP contribution is 2.42. The van der Waals surface area contributed by atoms with E-state index in [0.717, 1.165) is 47.5 Å². The number of carbonyl (C=O) groups excluding carboxylic acids is 1. The van der Waals surface area contributed by atoms with Crippen molar-refractivity contribution in [1.29, 1.82) is 0 Å². The highest BCUT2D eigenvalue weighted by Gasteiger charge is 2.36. The third kappa shape index (κ3) is 3.21. The minimum Gasteiger partial charge on any atom is -0.454 e. The van der Waals surface area contributed by atoms with Gasteiger partial charge in [0.05, 0.1) is 6.04 Å². The van der Waals surface area contributed by atoms with E-state index in [1.165, 1.54) is 30.2 Å². The molecule has 3 aromatic rings. The van der Waals surface area contributed by atoms with Gasteiger partial charge in [-0.15, -0.1) is 0 Å². The van der Waals surface area contributed by atoms with Gasteiger partial charge in [-0.05, 0) is 48.6 Å². The second-order valence-corrected chi connectivity index (χ2v) is 8.81. The maximum absolute atomic E-state index is 13.5. The maximum Gasteiger partial charge on any atom is 0.318 e. The Kier molecular flexibility index (Phi) is 4.51. The molecule has 1 saturated carbocycles. The van der Waals surface area contributed by atoms with E-state index in [1.54, 1.807) is 0 Å². The van der Waals surface area contributed by atoms with Crippen molar-refractivity contribution < 1.29 is 14.3 Å². The van der Waals surface area contributed by atoms with Gasteiger partial charge in [0.25, 0.3) is 0 Å². The monoisotopic (exact) mass is 417 g/mol. The number of fused-ring (bicyclic) bond motifs is 4. The Bertz CT molecular complexity index is 1130. The zero-order valence-electron chi connectivity index (χ0n) is 17.5. The molecule has 1 fully saturated rings. The van der Waals surface area contributed by atoms with Crippen LogP contribution in [0.3, 0.4) is 0 Å². The predicted octanol–water partition coefficient (Wildman–Crippen LogP) is 4.89. The van der Waals surface area contributed by atoms with E-state index < -0.39 is 0 Å². The van der Waals surface area contributed by atoms with Crippen LogP contribution in [0.15, 0.2) is 42.5 Å². The van der Waals surface area contributed by atoms with E-state index in [9.17, 15) is 4.79 Å². The van der Waals surface area contributed by atoms with Crippen molar-refractivity contribution in [2.75, 3.05) is 13.3 Å². The summed E-state index contributed by atoms with van der Waals surface area (Å²) in [7, 11) is 0. The first-order valence-electron chi connectivity index (χ1n) is 11.3. The molecule has 160 valence electrons. The number of carbonyl (C=O) groups is 1. The molecule has 2 aliphatic heterocycles. The van der Waals surface area contributed by atoms with Gasteiger partial charge in [0, 0.05) is 29.2 Å². The van der Waals surface area contributed by atoms with Crippen LogP contribution >= 0.6 is 0 Å². The first kappa shape index (κ1) is 18.6. The summed E-state index contributed by atoms with van der Waals surface area (Å²) < 4.78 is 11.2. The highest BCUT2D eigenvalue weighted by molar-refractivity contribution is 5.86. The molecule has 0 spiro atoms. The number of rotatable bonds is 2. The fourth-order valence-electron chi connectivity index (χ4n) is 5.39. The van der Waals surface area contributed by atoms with E-state index in [4.69, 9.17) is 9.47 Å². The van der Waals surface area contributed by atoms with Crippen molar-refractivity contribution in [2.45, 2.75) is 50.6 Å². The molecule has 0 saturated heterocycles. The lowest BCUT2D eigenvalue weighted by Crippen LogP contribution is -2.49. The normalized spacial score (nSPS) is 20.6. The van der Waals surface area contributed by atoms with Crippen LogP contribution in [0.25, 0.3) is 10.9 Å². The summed E-state index contributed by atoms with van der Waals surface area (Å²) in [5, 5.41) is 4.57. The third-order valence-corrected chi connectivity index (χ3v) is 6.94. The molecule has 2 aromatic carbocycles. The van der Waals surface area contributed by atoms with Gasteiger partial charge >= 0.3 is 6.03 Å². The Morgan fingerprint density at radius 1 is 1.03 bits per heavy atom. The van der Waals surface area contributed by atoms with Gasteiger partial charge in [-0.2, -0.15) is 0 Å². The number of urea groups is 1. The minimum absolute atomic E-state index is 0.0267. The molecule has 1 aromatic heterocycles. The fourth-order valence-corrected chi connectivity index (χ4v) is 5.39. The van der Waals surface area contributed by atoms with Gasteiger partial charge in [-0.1, -0.05) is 43.5 Å². The number of nitrogens with one attached hydrogen (secondary N) is 2. The average molecular weight is 418 g/mol. The molecular formula is C25H27N3O3. The Morgan fingerprint density at radius 3 is 2.77 bits per heavy atom. The van der Waals surface area contributed by atoms with Crippen molar-refractivity contribution in [3.63, 3.8) is 0 Å². The topological polar surface area (TPSA) is 66.6 Å². The fraction of sp³-hybridized carbons (Fsp3) is 0.400. The Hall–Kier alpha value is -3.15. The summed E-state index contributed by atoms with van der Waals surface area (Å²) in [6, 6.07) is 14.5. The number of hydrogen-bond acceptors (Lipinski definition) is 3. The largest absolute Gasteiger partial charge is 0.454 e. The Balaban J connectivity index is 1.41. The molecule has 2 amide bonds. The summed E-state index contributed by atoms with van der Waals surface area (Å²) in [4.78, 5) is 19.1. The number of H-pyrrole nitrogens is 1. The number of benzene rings is 2. The minimum atomic E-state index is -0.186. The standard InChI is InChI=1S/C25H27N3O3/c29-25(26-17-6-2-1-3-7-17)28-13-12-19-18-8-4-5-9-20(18)27-23(19)24(28)16-10-11-21-22(14-16)31-15-30-21/h4-5,8-11,14,17,24,27H,1-3,6-7,12-13,15H2,(H,26,29). The van der Waals surface area contributed by atoms with E-state index in [1.807, 2.05) is 23.1 Å². The molecule has 31 heavy (non-hydrogen) atoms. The molecule has 6 nitrogen and oxygen atoms in total. The van der Waals surface area contributed by atoms with Gasteiger partial charge in [0.1, 0.15) is 0 Å². The highest BCUT2D eigenvalue weighted by atomic mass is 16.7. The molecule has 1 unspecified atom stereocenters. The Labute approximate surface area is 181 Å². The number of ether oxygens (including phenoxy) is 2. The molecule has 0 radical (unpaired) electrons. The van der Waals surface area contributed by atoms with Crippen LogP contribution in [0.2, 0.25) is 0 Å². The van der Waals surface area contributed by atoms with Crippen molar-refractivity contribution >= 4 is 16.9 Å². The lowest BCUT2D eigenvalue weighted by molar-refractivity contribution is 0.170. The number of aromatic amines is 1. The van der Waals surface area contributed by atoms with Crippen LogP contribution in [-0.4, -0.2) is 35.3 Å². The molecule has 1 aliphatic carbocycles. The quantitative estimate of drug-likeness (QED) is 0.624. The number of aromatic nitrogens is 1. The van der Waals surface area contributed by atoms with Gasteiger partial charge in [0.15, 0.2) is 11.5 Å². The zero-order valence-corrected chi connectivity index (χ0v) is 17.5. The van der Waals surface area contributed by atoms with Gasteiger partial charge in [0.2, 0.25) is 6.79 Å². The van der Waals surface area contributed by atoms with Crippen LogP contribution in [0.4, 0.5) is 4.79 Å². The van der Waals surface area contributed by atoms with E-state index in [-0.39, 0.29) is 24.9 Å². The van der Waals surface area contributed by atoms with Crippen LogP contribution in [0.5, 0.6) is 11.5 Å². The maximum atomic E-state index is 13.5. The summed E-state index contributed by atoms with van der Waals surface area (Å²) in [6.07, 6.45) is 6.66. The molecule has 6 rings (SSSR count).